The molecule has 0 atom stereocenters. The van der Waals surface area contributed by atoms with E-state index in [4.69, 9.17) is 5.73 Å². The van der Waals surface area contributed by atoms with Gasteiger partial charge in [0, 0.05) is 5.70 Å². The molecule has 3 rings (SSSR count). The average Bonchev–Trinajstić information content (AvgIpc) is 2.71. The molecule has 0 heterocycles. The van der Waals surface area contributed by atoms with E-state index >= 15 is 0 Å². The van der Waals surface area contributed by atoms with Crippen molar-refractivity contribution >= 4 is 28.6 Å². The van der Waals surface area contributed by atoms with Gasteiger partial charge in [-0.2, -0.15) is 0 Å². The van der Waals surface area contributed by atoms with Crippen molar-refractivity contribution in [3.8, 4) is 0 Å². The molecule has 0 aliphatic carbocycles. The Labute approximate surface area is 161 Å². The van der Waals surface area contributed by atoms with E-state index < -0.39 is 0 Å². The summed E-state index contributed by atoms with van der Waals surface area (Å²) in [6.45, 7) is 9.78. The predicted octanol–water partition coefficient (Wildman–Crippen LogP) is 6.61. The number of rotatable bonds is 6. The van der Waals surface area contributed by atoms with Crippen molar-refractivity contribution in [3.05, 3.63) is 114 Å². The maximum absolute atomic E-state index is 6.31. The highest BCUT2D eigenvalue weighted by atomic mass is 14.6. The van der Waals surface area contributed by atoms with Crippen LogP contribution >= 0.6 is 0 Å². The number of fused-ring (bicyclic) bond motifs is 1. The van der Waals surface area contributed by atoms with Crippen LogP contribution in [0.5, 0.6) is 0 Å². The maximum atomic E-state index is 6.31. The summed E-state index contributed by atoms with van der Waals surface area (Å²) in [6.07, 6.45) is 8.78. The molecule has 1 heteroatoms. The van der Waals surface area contributed by atoms with E-state index in [0.717, 1.165) is 34.4 Å². The lowest BCUT2D eigenvalue weighted by atomic mass is 10.0. The second-order valence-corrected chi connectivity index (χ2v) is 6.69. The van der Waals surface area contributed by atoms with Gasteiger partial charge in [-0.05, 0) is 58.5 Å². The Morgan fingerprint density at radius 2 is 1.63 bits per heavy atom. The van der Waals surface area contributed by atoms with Crippen molar-refractivity contribution in [3.63, 3.8) is 0 Å². The molecule has 0 aliphatic heterocycles. The summed E-state index contributed by atoms with van der Waals surface area (Å²) in [6, 6.07) is 21.1. The number of hydrogen-bond donors (Lipinski definition) is 1. The molecule has 0 radical (unpaired) electrons. The molecule has 0 amide bonds. The summed E-state index contributed by atoms with van der Waals surface area (Å²) in [5.74, 6) is 0. The Morgan fingerprint density at radius 3 is 2.37 bits per heavy atom. The Bertz CT molecular complexity index is 1050. The molecule has 3 aromatic rings. The Balaban J connectivity index is 1.78. The van der Waals surface area contributed by atoms with E-state index in [1.165, 1.54) is 16.3 Å². The largest absolute Gasteiger partial charge is 0.398 e. The minimum Gasteiger partial charge on any atom is -0.398 e. The highest BCUT2D eigenvalue weighted by molar-refractivity contribution is 5.83. The number of nitrogens with two attached hydrogens (primary N) is 1. The highest BCUT2D eigenvalue weighted by Crippen LogP contribution is 2.20. The van der Waals surface area contributed by atoms with Gasteiger partial charge in [-0.3, -0.25) is 0 Å². The fourth-order valence-electron chi connectivity index (χ4n) is 3.15. The molecule has 0 aromatic heterocycles. The lowest BCUT2D eigenvalue weighted by molar-refractivity contribution is 1.25. The topological polar surface area (TPSA) is 26.0 Å². The van der Waals surface area contributed by atoms with Crippen molar-refractivity contribution in [2.45, 2.75) is 13.3 Å². The van der Waals surface area contributed by atoms with Crippen LogP contribution < -0.4 is 5.73 Å². The number of hydrogen-bond acceptors (Lipinski definition) is 1. The molecule has 0 saturated heterocycles. The SMILES string of the molecule is C=Cc1ccc(/C(N)=C/C(C)=C\Cc2ccc3ccccc3c2)cc1C=C. The molecular formula is C26H25N. The zero-order valence-corrected chi connectivity index (χ0v) is 15.8. The summed E-state index contributed by atoms with van der Waals surface area (Å²) >= 11 is 0. The molecule has 0 spiro atoms. The highest BCUT2D eigenvalue weighted by Gasteiger charge is 2.02. The molecule has 0 unspecified atom stereocenters. The first-order chi connectivity index (χ1) is 13.1. The van der Waals surface area contributed by atoms with Crippen molar-refractivity contribution in [2.24, 2.45) is 5.73 Å². The van der Waals surface area contributed by atoms with Crippen LogP contribution in [-0.4, -0.2) is 0 Å². The van der Waals surface area contributed by atoms with Crippen LogP contribution in [-0.2, 0) is 6.42 Å². The van der Waals surface area contributed by atoms with Gasteiger partial charge in [0.1, 0.15) is 0 Å². The van der Waals surface area contributed by atoms with Gasteiger partial charge in [-0.1, -0.05) is 91.6 Å². The molecule has 27 heavy (non-hydrogen) atoms. The Hall–Kier alpha value is -3.32. The summed E-state index contributed by atoms with van der Waals surface area (Å²) in [5.41, 5.74) is 12.6. The van der Waals surface area contributed by atoms with Crippen molar-refractivity contribution in [1.29, 1.82) is 0 Å². The van der Waals surface area contributed by atoms with Gasteiger partial charge >= 0.3 is 0 Å². The van der Waals surface area contributed by atoms with E-state index in [1.807, 2.05) is 36.4 Å². The molecule has 0 bridgehead atoms. The predicted molar refractivity (Wildman–Crippen MR) is 120 cm³/mol. The first-order valence-electron chi connectivity index (χ1n) is 9.11. The van der Waals surface area contributed by atoms with Crippen molar-refractivity contribution in [1.82, 2.24) is 0 Å². The van der Waals surface area contributed by atoms with Gasteiger partial charge in [0.25, 0.3) is 0 Å². The summed E-state index contributed by atoms with van der Waals surface area (Å²) in [4.78, 5) is 0. The van der Waals surface area contributed by atoms with E-state index in [9.17, 15) is 0 Å². The summed E-state index contributed by atoms with van der Waals surface area (Å²) < 4.78 is 0. The van der Waals surface area contributed by atoms with Gasteiger partial charge < -0.3 is 5.73 Å². The van der Waals surface area contributed by atoms with Gasteiger partial charge in [0.05, 0.1) is 0 Å². The van der Waals surface area contributed by atoms with Gasteiger partial charge in [0.15, 0.2) is 0 Å². The van der Waals surface area contributed by atoms with E-state index in [0.29, 0.717) is 0 Å². The van der Waals surface area contributed by atoms with E-state index in [1.54, 1.807) is 0 Å². The standard InChI is InChI=1S/C26H25N/c1-4-21-14-15-25(18-22(21)5-2)26(27)16-19(3)10-11-20-12-13-23-8-6-7-9-24(23)17-20/h4-10,12-18H,1-2,11,27H2,3H3/b19-10-,26-16-. The van der Waals surface area contributed by atoms with Crippen LogP contribution in [0.1, 0.15) is 29.2 Å². The lowest BCUT2D eigenvalue weighted by Gasteiger charge is -2.07. The van der Waals surface area contributed by atoms with Crippen molar-refractivity contribution in [2.75, 3.05) is 0 Å². The molecule has 134 valence electrons. The lowest BCUT2D eigenvalue weighted by Crippen LogP contribution is -1.98. The maximum Gasteiger partial charge on any atom is 0.0390 e. The average molecular weight is 351 g/mol. The zero-order chi connectivity index (χ0) is 19.2. The third-order valence-electron chi connectivity index (χ3n) is 4.72. The fourth-order valence-corrected chi connectivity index (χ4v) is 3.15. The van der Waals surface area contributed by atoms with Crippen LogP contribution in [0.2, 0.25) is 0 Å². The van der Waals surface area contributed by atoms with Crippen molar-refractivity contribution < 1.29 is 0 Å². The monoisotopic (exact) mass is 351 g/mol. The van der Waals surface area contributed by atoms with Gasteiger partial charge in [-0.15, -0.1) is 0 Å². The Kier molecular flexibility index (Phi) is 5.73. The fraction of sp³-hybridized carbons (Fsp3) is 0.0769. The third-order valence-corrected chi connectivity index (χ3v) is 4.72. The zero-order valence-electron chi connectivity index (χ0n) is 15.8. The minimum absolute atomic E-state index is 0.751. The molecule has 0 saturated carbocycles. The first-order valence-corrected chi connectivity index (χ1v) is 9.11. The number of benzene rings is 3. The molecule has 0 aliphatic rings. The first kappa shape index (κ1) is 18.5. The Morgan fingerprint density at radius 1 is 0.889 bits per heavy atom. The third kappa shape index (κ3) is 4.45. The summed E-state index contributed by atoms with van der Waals surface area (Å²) in [5, 5.41) is 2.54. The van der Waals surface area contributed by atoms with Crippen LogP contribution in [0, 0.1) is 0 Å². The van der Waals surface area contributed by atoms with E-state index in [2.05, 4.69) is 68.6 Å². The normalized spacial score (nSPS) is 12.2. The molecule has 0 fully saturated rings. The number of allylic oxidation sites excluding steroid dienone is 3. The van der Waals surface area contributed by atoms with Crippen LogP contribution in [0.15, 0.2) is 91.5 Å². The molecule has 3 aromatic carbocycles. The molecule has 1 nitrogen and oxygen atoms in total. The second kappa shape index (κ2) is 8.37. The minimum atomic E-state index is 0.751. The quantitative estimate of drug-likeness (QED) is 0.497. The van der Waals surface area contributed by atoms with Crippen LogP contribution in [0.25, 0.3) is 28.6 Å². The van der Waals surface area contributed by atoms with Gasteiger partial charge in [-0.25, -0.2) is 0 Å². The smallest absolute Gasteiger partial charge is 0.0390 e. The second-order valence-electron chi connectivity index (χ2n) is 6.69. The summed E-state index contributed by atoms with van der Waals surface area (Å²) in [7, 11) is 0. The van der Waals surface area contributed by atoms with E-state index in [-0.39, 0.29) is 0 Å². The van der Waals surface area contributed by atoms with Crippen LogP contribution in [0.3, 0.4) is 0 Å². The van der Waals surface area contributed by atoms with Gasteiger partial charge in [0.2, 0.25) is 0 Å². The van der Waals surface area contributed by atoms with Crippen LogP contribution in [0.4, 0.5) is 0 Å². The molecular weight excluding hydrogens is 326 g/mol. The molecule has 2 N–H and O–H groups in total.